The molecule has 8 nitrogen and oxygen atoms in total. The maximum Gasteiger partial charge on any atom is 0.433 e. The number of unbranched alkanes of at least 4 members (excludes halogenated alkanes) is 2. The maximum atomic E-state index is 10.7. The van der Waals surface area contributed by atoms with Crippen molar-refractivity contribution in [2.75, 3.05) is 26.2 Å². The molecule has 0 unspecified atom stereocenters. The second-order valence-electron chi connectivity index (χ2n) is 6.03. The smallest absolute Gasteiger partial charge is 0.433 e. The molecule has 0 radical (unpaired) electrons. The predicted molar refractivity (Wildman–Crippen MR) is 98.1 cm³/mol. The number of nitrogens with zero attached hydrogens (tertiary/aromatic N) is 4. The zero-order valence-electron chi connectivity index (χ0n) is 15.4. The summed E-state index contributed by atoms with van der Waals surface area (Å²) in [6.45, 7) is 8.01. The average molecular weight is 362 g/mol. The molecule has 0 fully saturated rings. The normalized spacial score (nSPS) is 11.0. The van der Waals surface area contributed by atoms with Crippen LogP contribution < -0.4 is 4.74 Å². The summed E-state index contributed by atoms with van der Waals surface area (Å²) in [5.74, 6) is 0.787. The van der Waals surface area contributed by atoms with Crippen LogP contribution in [0.25, 0.3) is 11.6 Å². The van der Waals surface area contributed by atoms with Crippen molar-refractivity contribution in [3.05, 3.63) is 34.6 Å². The standard InChI is InChI=1S/C18H26N4O4/c1-3-5-9-21(10-6-4-2)11-12-25-15-13-19-18(20-14-15)16-7-8-17(26-16)22(23)24/h7-8,13-14H,3-6,9-12H2,1-2H3. The van der Waals surface area contributed by atoms with Gasteiger partial charge in [-0.15, -0.1) is 0 Å². The van der Waals surface area contributed by atoms with Gasteiger partial charge in [-0.1, -0.05) is 26.7 Å². The highest BCUT2D eigenvalue weighted by Gasteiger charge is 2.15. The molecule has 0 N–H and O–H groups in total. The maximum absolute atomic E-state index is 10.7. The molecular weight excluding hydrogens is 336 g/mol. The number of ether oxygens (including phenoxy) is 1. The number of nitro groups is 1. The highest BCUT2D eigenvalue weighted by molar-refractivity contribution is 5.48. The first kappa shape index (κ1) is 19.8. The Morgan fingerprint density at radius 1 is 1.12 bits per heavy atom. The average Bonchev–Trinajstić information content (AvgIpc) is 3.14. The first-order chi connectivity index (χ1) is 12.6. The van der Waals surface area contributed by atoms with Gasteiger partial charge in [-0.05, 0) is 32.0 Å². The van der Waals surface area contributed by atoms with Gasteiger partial charge < -0.3 is 9.15 Å². The summed E-state index contributed by atoms with van der Waals surface area (Å²) in [4.78, 5) is 20.8. The molecule has 0 amide bonds. The van der Waals surface area contributed by atoms with Crippen molar-refractivity contribution in [1.29, 1.82) is 0 Å². The van der Waals surface area contributed by atoms with Crippen LogP contribution in [-0.2, 0) is 0 Å². The third-order valence-corrected chi connectivity index (χ3v) is 3.95. The molecule has 8 heteroatoms. The molecule has 2 rings (SSSR count). The molecule has 26 heavy (non-hydrogen) atoms. The van der Waals surface area contributed by atoms with Gasteiger partial charge in [0.15, 0.2) is 17.3 Å². The molecule has 0 aliphatic carbocycles. The van der Waals surface area contributed by atoms with E-state index >= 15 is 0 Å². The number of furan rings is 1. The van der Waals surface area contributed by atoms with E-state index in [0.717, 1.165) is 19.6 Å². The second-order valence-corrected chi connectivity index (χ2v) is 6.03. The summed E-state index contributed by atoms with van der Waals surface area (Å²) < 4.78 is 10.8. The molecule has 0 atom stereocenters. The van der Waals surface area contributed by atoms with Gasteiger partial charge in [-0.3, -0.25) is 15.0 Å². The van der Waals surface area contributed by atoms with Crippen molar-refractivity contribution in [3.63, 3.8) is 0 Å². The summed E-state index contributed by atoms with van der Waals surface area (Å²) >= 11 is 0. The van der Waals surface area contributed by atoms with Crippen LogP contribution in [0.15, 0.2) is 28.9 Å². The lowest BCUT2D eigenvalue weighted by molar-refractivity contribution is -0.401. The highest BCUT2D eigenvalue weighted by atomic mass is 16.6. The van der Waals surface area contributed by atoms with E-state index in [2.05, 4.69) is 28.7 Å². The van der Waals surface area contributed by atoms with Crippen LogP contribution in [0.4, 0.5) is 5.88 Å². The van der Waals surface area contributed by atoms with Gasteiger partial charge in [0.1, 0.15) is 11.5 Å². The minimum Gasteiger partial charge on any atom is -0.489 e. The van der Waals surface area contributed by atoms with Crippen molar-refractivity contribution in [2.45, 2.75) is 39.5 Å². The second kappa shape index (κ2) is 10.5. The van der Waals surface area contributed by atoms with Gasteiger partial charge in [-0.2, -0.15) is 0 Å². The molecule has 142 valence electrons. The fourth-order valence-corrected chi connectivity index (χ4v) is 2.46. The van der Waals surface area contributed by atoms with E-state index in [9.17, 15) is 10.1 Å². The van der Waals surface area contributed by atoms with E-state index in [4.69, 9.17) is 9.15 Å². The molecule has 0 aromatic carbocycles. The van der Waals surface area contributed by atoms with Crippen LogP contribution in [0.5, 0.6) is 5.75 Å². The van der Waals surface area contributed by atoms with Gasteiger partial charge >= 0.3 is 5.88 Å². The molecule has 0 saturated heterocycles. The summed E-state index contributed by atoms with van der Waals surface area (Å²) in [5, 5.41) is 10.7. The van der Waals surface area contributed by atoms with E-state index in [1.807, 2.05) is 0 Å². The minimum absolute atomic E-state index is 0.258. The largest absolute Gasteiger partial charge is 0.489 e. The van der Waals surface area contributed by atoms with E-state index < -0.39 is 4.92 Å². The monoisotopic (exact) mass is 362 g/mol. The molecule has 0 spiro atoms. The Morgan fingerprint density at radius 2 is 1.77 bits per heavy atom. The van der Waals surface area contributed by atoms with Crippen molar-refractivity contribution in [1.82, 2.24) is 14.9 Å². The van der Waals surface area contributed by atoms with Crippen LogP contribution in [-0.4, -0.2) is 46.0 Å². The lowest BCUT2D eigenvalue weighted by atomic mass is 10.2. The molecular formula is C18H26N4O4. The van der Waals surface area contributed by atoms with Crippen LogP contribution in [0.2, 0.25) is 0 Å². The quantitative estimate of drug-likeness (QED) is 0.417. The van der Waals surface area contributed by atoms with Gasteiger partial charge in [0.2, 0.25) is 0 Å². The zero-order valence-corrected chi connectivity index (χ0v) is 15.4. The van der Waals surface area contributed by atoms with E-state index in [0.29, 0.717) is 12.4 Å². The third-order valence-electron chi connectivity index (χ3n) is 3.95. The number of rotatable bonds is 12. The van der Waals surface area contributed by atoms with Gasteiger partial charge in [0, 0.05) is 6.54 Å². The van der Waals surface area contributed by atoms with Crippen LogP contribution in [0.1, 0.15) is 39.5 Å². The Labute approximate surface area is 153 Å². The Hall–Kier alpha value is -2.48. The first-order valence-electron chi connectivity index (χ1n) is 9.05. The van der Waals surface area contributed by atoms with Crippen molar-refractivity contribution in [3.8, 4) is 17.3 Å². The molecule has 2 aromatic heterocycles. The third kappa shape index (κ3) is 6.11. The fourth-order valence-electron chi connectivity index (χ4n) is 2.46. The molecule has 2 aromatic rings. The van der Waals surface area contributed by atoms with Crippen LogP contribution >= 0.6 is 0 Å². The summed E-state index contributed by atoms with van der Waals surface area (Å²) in [5.41, 5.74) is 0. The van der Waals surface area contributed by atoms with Gasteiger partial charge in [0.05, 0.1) is 18.5 Å². The number of hydrogen-bond donors (Lipinski definition) is 0. The van der Waals surface area contributed by atoms with E-state index in [1.54, 1.807) is 12.4 Å². The van der Waals surface area contributed by atoms with Crippen molar-refractivity contribution >= 4 is 5.88 Å². The SMILES string of the molecule is CCCCN(CCCC)CCOc1cnc(-c2ccc([N+](=O)[O-])o2)nc1. The Kier molecular flexibility index (Phi) is 8.01. The zero-order chi connectivity index (χ0) is 18.8. The number of aromatic nitrogens is 2. The highest BCUT2D eigenvalue weighted by Crippen LogP contribution is 2.23. The molecule has 0 aliphatic heterocycles. The Morgan fingerprint density at radius 3 is 2.31 bits per heavy atom. The number of hydrogen-bond acceptors (Lipinski definition) is 7. The Balaban J connectivity index is 1.84. The lowest BCUT2D eigenvalue weighted by Gasteiger charge is -2.21. The van der Waals surface area contributed by atoms with Crippen molar-refractivity contribution in [2.24, 2.45) is 0 Å². The fraction of sp³-hybridized carbons (Fsp3) is 0.556. The first-order valence-corrected chi connectivity index (χ1v) is 9.05. The molecule has 0 saturated carbocycles. The lowest BCUT2D eigenvalue weighted by Crippen LogP contribution is -2.30. The van der Waals surface area contributed by atoms with Crippen molar-refractivity contribution < 1.29 is 14.1 Å². The topological polar surface area (TPSA) is 94.5 Å². The van der Waals surface area contributed by atoms with Crippen LogP contribution in [0.3, 0.4) is 0 Å². The van der Waals surface area contributed by atoms with Gasteiger partial charge in [0.25, 0.3) is 0 Å². The van der Waals surface area contributed by atoms with E-state index in [-0.39, 0.29) is 17.5 Å². The predicted octanol–water partition coefficient (Wildman–Crippen LogP) is 3.93. The van der Waals surface area contributed by atoms with Crippen LogP contribution in [0, 0.1) is 10.1 Å². The Bertz CT molecular complexity index is 664. The van der Waals surface area contributed by atoms with Gasteiger partial charge in [-0.25, -0.2) is 9.97 Å². The summed E-state index contributed by atoms with van der Waals surface area (Å²) in [6, 6.07) is 2.76. The minimum atomic E-state index is -0.593. The molecule has 0 aliphatic rings. The molecule has 0 bridgehead atoms. The van der Waals surface area contributed by atoms with E-state index in [1.165, 1.54) is 37.8 Å². The summed E-state index contributed by atoms with van der Waals surface area (Å²) in [7, 11) is 0. The summed E-state index contributed by atoms with van der Waals surface area (Å²) in [6.07, 6.45) is 7.86. The molecule has 2 heterocycles.